The summed E-state index contributed by atoms with van der Waals surface area (Å²) in [4.78, 5) is 2.77. The highest BCUT2D eigenvalue weighted by atomic mass is 32.2. The number of rotatable bonds is 5. The van der Waals surface area contributed by atoms with E-state index in [1.54, 1.807) is 6.07 Å². The minimum absolute atomic E-state index is 0.0166. The number of sulfonamides is 1. The quantitative estimate of drug-likeness (QED) is 0.709. The Balaban J connectivity index is 1.44. The van der Waals surface area contributed by atoms with Gasteiger partial charge in [-0.1, -0.05) is 60.7 Å². The highest BCUT2D eigenvalue weighted by Gasteiger charge is 2.26. The van der Waals surface area contributed by atoms with Gasteiger partial charge in [-0.05, 0) is 42.3 Å². The van der Waals surface area contributed by atoms with Crippen molar-refractivity contribution in [2.45, 2.75) is 37.2 Å². The molecule has 0 aromatic heterocycles. The van der Waals surface area contributed by atoms with Crippen molar-refractivity contribution in [2.75, 3.05) is 13.1 Å². The number of piperidine rings is 1. The van der Waals surface area contributed by atoms with Gasteiger partial charge in [0.2, 0.25) is 10.0 Å². The van der Waals surface area contributed by atoms with Crippen LogP contribution in [0.3, 0.4) is 0 Å². The van der Waals surface area contributed by atoms with E-state index in [0.717, 1.165) is 48.8 Å². The van der Waals surface area contributed by atoms with Gasteiger partial charge in [-0.2, -0.15) is 0 Å². The predicted molar refractivity (Wildman–Crippen MR) is 114 cm³/mol. The Morgan fingerprint density at radius 3 is 2.25 bits per heavy atom. The maximum absolute atomic E-state index is 13.1. The van der Waals surface area contributed by atoms with Crippen molar-refractivity contribution in [3.05, 3.63) is 77.9 Å². The summed E-state index contributed by atoms with van der Waals surface area (Å²) in [5, 5.41) is 1.78. The van der Waals surface area contributed by atoms with Crippen LogP contribution in [0, 0.1) is 6.92 Å². The number of nitrogens with zero attached hydrogens (tertiary/aromatic N) is 1. The van der Waals surface area contributed by atoms with Crippen LogP contribution < -0.4 is 4.72 Å². The van der Waals surface area contributed by atoms with Crippen LogP contribution >= 0.6 is 0 Å². The lowest BCUT2D eigenvalue weighted by Gasteiger charge is -2.32. The average molecular weight is 395 g/mol. The number of hydrogen-bond acceptors (Lipinski definition) is 3. The molecule has 0 aliphatic carbocycles. The molecule has 0 bridgehead atoms. The third-order valence-corrected chi connectivity index (χ3v) is 7.13. The fourth-order valence-electron chi connectivity index (χ4n) is 3.99. The maximum Gasteiger partial charge on any atom is 0.241 e. The number of fused-ring (bicyclic) bond motifs is 1. The Morgan fingerprint density at radius 1 is 0.893 bits per heavy atom. The van der Waals surface area contributed by atoms with Gasteiger partial charge < -0.3 is 0 Å². The van der Waals surface area contributed by atoms with Crippen molar-refractivity contribution >= 4 is 20.8 Å². The SMILES string of the molecule is Cc1ccc(S(=O)(=O)NC2CCN(Cc3ccccc3)CC2)c2ccccc12. The van der Waals surface area contributed by atoms with Crippen molar-refractivity contribution < 1.29 is 8.42 Å². The Labute approximate surface area is 167 Å². The standard InChI is InChI=1S/C23H26N2O2S/c1-18-11-12-23(22-10-6-5-9-21(18)22)28(26,27)24-20-13-15-25(16-14-20)17-19-7-3-2-4-8-19/h2-12,20,24H,13-17H2,1H3. The lowest BCUT2D eigenvalue weighted by atomic mass is 10.1. The van der Waals surface area contributed by atoms with E-state index in [1.165, 1.54) is 5.56 Å². The van der Waals surface area contributed by atoms with Gasteiger partial charge in [0, 0.05) is 31.1 Å². The van der Waals surface area contributed by atoms with Crippen molar-refractivity contribution in [1.29, 1.82) is 0 Å². The Hall–Kier alpha value is -2.21. The van der Waals surface area contributed by atoms with Gasteiger partial charge in [0.25, 0.3) is 0 Å². The van der Waals surface area contributed by atoms with Gasteiger partial charge in [0.15, 0.2) is 0 Å². The van der Waals surface area contributed by atoms with E-state index in [1.807, 2.05) is 43.3 Å². The Kier molecular flexibility index (Phi) is 5.49. The van der Waals surface area contributed by atoms with E-state index in [-0.39, 0.29) is 6.04 Å². The van der Waals surface area contributed by atoms with Gasteiger partial charge in [-0.3, -0.25) is 4.90 Å². The molecule has 0 saturated carbocycles. The number of benzene rings is 3. The van der Waals surface area contributed by atoms with Gasteiger partial charge in [0.05, 0.1) is 4.90 Å². The van der Waals surface area contributed by atoms with E-state index in [2.05, 4.69) is 33.9 Å². The number of aryl methyl sites for hydroxylation is 1. The van der Waals surface area contributed by atoms with Crippen LogP contribution in [-0.4, -0.2) is 32.4 Å². The third-order valence-electron chi connectivity index (χ3n) is 5.55. The second-order valence-corrected chi connectivity index (χ2v) is 9.27. The van der Waals surface area contributed by atoms with E-state index in [4.69, 9.17) is 0 Å². The Bertz CT molecular complexity index is 1060. The molecule has 1 N–H and O–H groups in total. The molecule has 0 spiro atoms. The zero-order valence-corrected chi connectivity index (χ0v) is 17.0. The first kappa shape index (κ1) is 19.1. The molecule has 1 saturated heterocycles. The minimum atomic E-state index is -3.55. The van der Waals surface area contributed by atoms with E-state index < -0.39 is 10.0 Å². The molecule has 1 aliphatic rings. The summed E-state index contributed by atoms with van der Waals surface area (Å²) in [6, 6.07) is 21.7. The first-order chi connectivity index (χ1) is 13.5. The largest absolute Gasteiger partial charge is 0.299 e. The molecule has 5 heteroatoms. The number of nitrogens with one attached hydrogen (secondary N) is 1. The van der Waals surface area contributed by atoms with E-state index >= 15 is 0 Å². The fraction of sp³-hybridized carbons (Fsp3) is 0.304. The highest BCUT2D eigenvalue weighted by molar-refractivity contribution is 7.89. The van der Waals surface area contributed by atoms with Crippen LogP contribution in [-0.2, 0) is 16.6 Å². The molecule has 146 valence electrons. The van der Waals surface area contributed by atoms with Gasteiger partial charge in [-0.15, -0.1) is 0 Å². The summed E-state index contributed by atoms with van der Waals surface area (Å²) in [5.41, 5.74) is 2.39. The van der Waals surface area contributed by atoms with Crippen LogP contribution in [0.1, 0.15) is 24.0 Å². The molecule has 3 aromatic carbocycles. The van der Waals surface area contributed by atoms with Gasteiger partial charge in [-0.25, -0.2) is 13.1 Å². The van der Waals surface area contributed by atoms with Crippen molar-refractivity contribution in [3.63, 3.8) is 0 Å². The van der Waals surface area contributed by atoms with Crippen molar-refractivity contribution in [2.24, 2.45) is 0 Å². The summed E-state index contributed by atoms with van der Waals surface area (Å²) in [7, 11) is -3.55. The minimum Gasteiger partial charge on any atom is -0.299 e. The molecule has 1 fully saturated rings. The monoisotopic (exact) mass is 394 g/mol. The second-order valence-electron chi connectivity index (χ2n) is 7.58. The number of likely N-dealkylation sites (tertiary alicyclic amines) is 1. The zero-order valence-electron chi connectivity index (χ0n) is 16.1. The second kappa shape index (κ2) is 8.03. The average Bonchev–Trinajstić information content (AvgIpc) is 2.70. The third kappa shape index (κ3) is 4.12. The van der Waals surface area contributed by atoms with E-state index in [9.17, 15) is 8.42 Å². The zero-order chi connectivity index (χ0) is 19.6. The molecule has 1 heterocycles. The summed E-state index contributed by atoms with van der Waals surface area (Å²) in [6.45, 7) is 4.73. The molecular weight excluding hydrogens is 368 g/mol. The summed E-state index contributed by atoms with van der Waals surface area (Å²) in [5.74, 6) is 0. The van der Waals surface area contributed by atoms with Gasteiger partial charge in [0.1, 0.15) is 0 Å². The molecule has 4 nitrogen and oxygen atoms in total. The van der Waals surface area contributed by atoms with Crippen LogP contribution in [0.4, 0.5) is 0 Å². The molecule has 0 radical (unpaired) electrons. The molecule has 0 atom stereocenters. The van der Waals surface area contributed by atoms with Crippen molar-refractivity contribution in [1.82, 2.24) is 9.62 Å². The van der Waals surface area contributed by atoms with Crippen LogP contribution in [0.2, 0.25) is 0 Å². The maximum atomic E-state index is 13.1. The summed E-state index contributed by atoms with van der Waals surface area (Å²) < 4.78 is 29.1. The molecule has 0 unspecified atom stereocenters. The smallest absolute Gasteiger partial charge is 0.241 e. The first-order valence-corrected chi connectivity index (χ1v) is 11.3. The molecule has 0 amide bonds. The molecule has 28 heavy (non-hydrogen) atoms. The lowest BCUT2D eigenvalue weighted by Crippen LogP contribution is -2.44. The molecule has 4 rings (SSSR count). The van der Waals surface area contributed by atoms with Crippen LogP contribution in [0.15, 0.2) is 71.6 Å². The van der Waals surface area contributed by atoms with Crippen LogP contribution in [0.5, 0.6) is 0 Å². The molecule has 1 aliphatic heterocycles. The Morgan fingerprint density at radius 2 is 1.54 bits per heavy atom. The number of hydrogen-bond donors (Lipinski definition) is 1. The van der Waals surface area contributed by atoms with Crippen molar-refractivity contribution in [3.8, 4) is 0 Å². The van der Waals surface area contributed by atoms with Gasteiger partial charge >= 0.3 is 0 Å². The molecule has 3 aromatic rings. The van der Waals surface area contributed by atoms with E-state index in [0.29, 0.717) is 4.90 Å². The summed E-state index contributed by atoms with van der Waals surface area (Å²) in [6.07, 6.45) is 1.66. The fourth-order valence-corrected chi connectivity index (χ4v) is 5.51. The molecular formula is C23H26N2O2S. The normalized spacial score (nSPS) is 16.5. The predicted octanol–water partition coefficient (Wildman–Crippen LogP) is 4.09. The topological polar surface area (TPSA) is 49.4 Å². The van der Waals surface area contributed by atoms with Crippen LogP contribution in [0.25, 0.3) is 10.8 Å². The summed E-state index contributed by atoms with van der Waals surface area (Å²) >= 11 is 0. The lowest BCUT2D eigenvalue weighted by molar-refractivity contribution is 0.200. The highest BCUT2D eigenvalue weighted by Crippen LogP contribution is 2.26. The first-order valence-electron chi connectivity index (χ1n) is 9.80.